The minimum absolute atomic E-state index is 0.385. The third-order valence-electron chi connectivity index (χ3n) is 0.807. The maximum atomic E-state index is 10.1. The Hall–Kier alpha value is -0.220. The zero-order chi connectivity index (χ0) is 7.28. The molecule has 9 heavy (non-hydrogen) atoms. The van der Waals surface area contributed by atoms with Crippen LogP contribution in [0.25, 0.3) is 0 Å². The summed E-state index contributed by atoms with van der Waals surface area (Å²) in [6, 6.07) is 0. The Labute approximate surface area is 59.4 Å². The van der Waals surface area contributed by atoms with Crippen molar-refractivity contribution < 1.29 is 14.6 Å². The van der Waals surface area contributed by atoms with Gasteiger partial charge in [-0.05, 0) is 6.92 Å². The molecule has 1 N–H and O–H groups in total. The molecule has 0 aromatic carbocycles. The van der Waals surface area contributed by atoms with Gasteiger partial charge in [0.1, 0.15) is 0 Å². The Kier molecular flexibility index (Phi) is 4.53. The first-order valence-corrected chi connectivity index (χ1v) is 3.27. The van der Waals surface area contributed by atoms with Gasteiger partial charge in [0, 0.05) is 5.75 Å². The van der Waals surface area contributed by atoms with Gasteiger partial charge in [-0.25, -0.2) is 4.79 Å². The molecule has 0 aliphatic rings. The first-order chi connectivity index (χ1) is 4.18. The minimum Gasteiger partial charge on any atom is -0.479 e. The number of hydrogen-bond acceptors (Lipinski definition) is 3. The van der Waals surface area contributed by atoms with E-state index in [1.807, 2.05) is 0 Å². The normalized spacial score (nSPS) is 13.1. The van der Waals surface area contributed by atoms with E-state index < -0.39 is 12.1 Å². The molecule has 0 saturated heterocycles. The van der Waals surface area contributed by atoms with Crippen molar-refractivity contribution in [2.24, 2.45) is 0 Å². The Bertz CT molecular complexity index is 94.2. The molecule has 0 unspecified atom stereocenters. The lowest BCUT2D eigenvalue weighted by molar-refractivity contribution is -0.148. The van der Waals surface area contributed by atoms with Crippen LogP contribution in [-0.4, -0.2) is 29.5 Å². The highest BCUT2D eigenvalue weighted by Crippen LogP contribution is 1.89. The van der Waals surface area contributed by atoms with Gasteiger partial charge in [-0.3, -0.25) is 0 Å². The lowest BCUT2D eigenvalue weighted by Gasteiger charge is -2.04. The summed E-state index contributed by atoms with van der Waals surface area (Å²) in [4.78, 5) is 10.1. The molecule has 0 aliphatic heterocycles. The summed E-state index contributed by atoms with van der Waals surface area (Å²) in [5, 5.41) is 8.26. The number of carboxylic acid groups (broad SMARTS) is 1. The molecule has 0 amide bonds. The maximum absolute atomic E-state index is 10.1. The fraction of sp³-hybridized carbons (Fsp3) is 0.800. The van der Waals surface area contributed by atoms with Crippen molar-refractivity contribution in [1.29, 1.82) is 0 Å². The lowest BCUT2D eigenvalue weighted by atomic mass is 10.4. The van der Waals surface area contributed by atoms with Gasteiger partial charge in [-0.15, -0.1) is 0 Å². The third-order valence-corrected chi connectivity index (χ3v) is 0.989. The molecule has 0 heterocycles. The second kappa shape index (κ2) is 4.64. The average molecular weight is 150 g/mol. The molecule has 0 aliphatic carbocycles. The van der Waals surface area contributed by atoms with E-state index in [1.54, 1.807) is 0 Å². The quantitative estimate of drug-likeness (QED) is 0.570. The Balaban J connectivity index is 3.27. The largest absolute Gasteiger partial charge is 0.479 e. The van der Waals surface area contributed by atoms with E-state index in [1.165, 1.54) is 6.92 Å². The van der Waals surface area contributed by atoms with Crippen LogP contribution in [0.1, 0.15) is 6.92 Å². The van der Waals surface area contributed by atoms with E-state index in [0.29, 0.717) is 12.4 Å². The summed E-state index contributed by atoms with van der Waals surface area (Å²) in [6.07, 6.45) is -0.711. The second-order valence-corrected chi connectivity index (χ2v) is 2.02. The molecule has 0 aromatic heterocycles. The fourth-order valence-corrected chi connectivity index (χ4v) is 0.406. The van der Waals surface area contributed by atoms with E-state index in [4.69, 9.17) is 9.84 Å². The van der Waals surface area contributed by atoms with E-state index >= 15 is 0 Å². The van der Waals surface area contributed by atoms with Crippen LogP contribution in [0.15, 0.2) is 0 Å². The Morgan fingerprint density at radius 3 is 2.78 bits per heavy atom. The first kappa shape index (κ1) is 8.78. The van der Waals surface area contributed by atoms with Crippen molar-refractivity contribution in [2.75, 3.05) is 12.4 Å². The van der Waals surface area contributed by atoms with Crippen molar-refractivity contribution in [2.45, 2.75) is 13.0 Å². The number of rotatable bonds is 4. The maximum Gasteiger partial charge on any atom is 0.332 e. The predicted octanol–water partition coefficient (Wildman–Crippen LogP) is 0.406. The van der Waals surface area contributed by atoms with Gasteiger partial charge in [0.2, 0.25) is 0 Å². The zero-order valence-electron chi connectivity index (χ0n) is 5.20. The van der Waals surface area contributed by atoms with Crippen molar-refractivity contribution in [1.82, 2.24) is 0 Å². The van der Waals surface area contributed by atoms with Crippen LogP contribution in [0.4, 0.5) is 0 Å². The van der Waals surface area contributed by atoms with Crippen LogP contribution >= 0.6 is 12.6 Å². The smallest absolute Gasteiger partial charge is 0.332 e. The van der Waals surface area contributed by atoms with E-state index in [-0.39, 0.29) is 0 Å². The van der Waals surface area contributed by atoms with Gasteiger partial charge < -0.3 is 9.84 Å². The van der Waals surface area contributed by atoms with Crippen LogP contribution < -0.4 is 0 Å². The number of ether oxygens (including phenoxy) is 1. The standard InChI is InChI=1S/C5H10O3S/c1-4(5(6)7)8-2-3-9/h4,9H,2-3H2,1H3,(H,6,7)/t4-/m0/s1. The predicted molar refractivity (Wildman–Crippen MR) is 36.9 cm³/mol. The van der Waals surface area contributed by atoms with Gasteiger partial charge in [0.15, 0.2) is 6.10 Å². The number of aliphatic carboxylic acids is 1. The molecule has 0 saturated carbocycles. The van der Waals surface area contributed by atoms with E-state index in [0.717, 1.165) is 0 Å². The second-order valence-electron chi connectivity index (χ2n) is 1.57. The summed E-state index contributed by atoms with van der Waals surface area (Å²) >= 11 is 3.85. The molecular formula is C5H10O3S. The number of hydrogen-bond donors (Lipinski definition) is 2. The fourth-order valence-electron chi connectivity index (χ4n) is 0.301. The Morgan fingerprint density at radius 1 is 1.89 bits per heavy atom. The molecule has 0 radical (unpaired) electrons. The highest BCUT2D eigenvalue weighted by atomic mass is 32.1. The topological polar surface area (TPSA) is 46.5 Å². The highest BCUT2D eigenvalue weighted by Gasteiger charge is 2.08. The highest BCUT2D eigenvalue weighted by molar-refractivity contribution is 7.80. The van der Waals surface area contributed by atoms with Crippen molar-refractivity contribution in [3.8, 4) is 0 Å². The molecule has 4 heteroatoms. The first-order valence-electron chi connectivity index (χ1n) is 2.63. The van der Waals surface area contributed by atoms with Crippen LogP contribution in [0.5, 0.6) is 0 Å². The number of thiol groups is 1. The molecule has 0 spiro atoms. The van der Waals surface area contributed by atoms with Crippen LogP contribution in [0.2, 0.25) is 0 Å². The molecule has 1 atom stereocenters. The molecule has 0 rings (SSSR count). The van der Waals surface area contributed by atoms with Crippen LogP contribution in [0, 0.1) is 0 Å². The molecule has 3 nitrogen and oxygen atoms in total. The summed E-state index contributed by atoms with van der Waals surface area (Å²) < 4.78 is 4.78. The molecule has 54 valence electrons. The van der Waals surface area contributed by atoms with Crippen LogP contribution in [0.3, 0.4) is 0 Å². The summed E-state index contributed by atoms with van der Waals surface area (Å²) in [7, 11) is 0. The van der Waals surface area contributed by atoms with E-state index in [2.05, 4.69) is 12.6 Å². The van der Waals surface area contributed by atoms with Crippen molar-refractivity contribution >= 4 is 18.6 Å². The van der Waals surface area contributed by atoms with Gasteiger partial charge in [-0.2, -0.15) is 12.6 Å². The summed E-state index contributed by atoms with van der Waals surface area (Å²) in [5.41, 5.74) is 0. The minimum atomic E-state index is -0.934. The molecule has 0 fully saturated rings. The monoisotopic (exact) mass is 150 g/mol. The van der Waals surface area contributed by atoms with Gasteiger partial charge in [-0.1, -0.05) is 0 Å². The van der Waals surface area contributed by atoms with Crippen LogP contribution in [-0.2, 0) is 9.53 Å². The van der Waals surface area contributed by atoms with Gasteiger partial charge in [0.25, 0.3) is 0 Å². The van der Waals surface area contributed by atoms with Gasteiger partial charge >= 0.3 is 5.97 Å². The average Bonchev–Trinajstić information content (AvgIpc) is 1.82. The zero-order valence-corrected chi connectivity index (χ0v) is 6.10. The summed E-state index contributed by atoms with van der Waals surface area (Å²) in [6.45, 7) is 1.88. The van der Waals surface area contributed by atoms with Crippen molar-refractivity contribution in [3.05, 3.63) is 0 Å². The molecule has 0 bridgehead atoms. The number of carboxylic acids is 1. The van der Waals surface area contributed by atoms with Gasteiger partial charge in [0.05, 0.1) is 6.61 Å². The molecular weight excluding hydrogens is 140 g/mol. The number of carbonyl (C=O) groups is 1. The summed E-state index contributed by atoms with van der Waals surface area (Å²) in [5.74, 6) is -0.380. The third kappa shape index (κ3) is 4.29. The lowest BCUT2D eigenvalue weighted by Crippen LogP contribution is -2.20. The SMILES string of the molecule is C[C@H](OCCS)C(=O)O. The molecule has 0 aromatic rings. The Morgan fingerprint density at radius 2 is 2.44 bits per heavy atom. The van der Waals surface area contributed by atoms with Crippen molar-refractivity contribution in [3.63, 3.8) is 0 Å². The van der Waals surface area contributed by atoms with E-state index in [9.17, 15) is 4.79 Å².